The molecule has 0 aliphatic carbocycles. The molecule has 0 amide bonds. The fourth-order valence-electron chi connectivity index (χ4n) is 10.1. The number of benzene rings is 5. The number of halogens is 2. The number of nitrogens with one attached hydrogen (secondary N) is 2. The van der Waals surface area contributed by atoms with Crippen LogP contribution >= 0.6 is 38.4 Å². The van der Waals surface area contributed by atoms with Gasteiger partial charge in [0.1, 0.15) is 24.0 Å². The summed E-state index contributed by atoms with van der Waals surface area (Å²) < 4.78 is 80.2. The van der Waals surface area contributed by atoms with Gasteiger partial charge in [-0.2, -0.15) is 0 Å². The average Bonchev–Trinajstić information content (AvgIpc) is 4.27. The monoisotopic (exact) mass is 1170 g/mol. The Morgan fingerprint density at radius 2 is 1.01 bits per heavy atom. The van der Waals surface area contributed by atoms with Crippen LogP contribution in [0, 0.1) is 13.8 Å². The van der Waals surface area contributed by atoms with Crippen LogP contribution in [0.1, 0.15) is 75.6 Å². The van der Waals surface area contributed by atoms with Gasteiger partial charge in [-0.05, 0) is 71.9 Å². The normalized spacial score (nSPS) is 21.1. The van der Waals surface area contributed by atoms with E-state index >= 15 is 4.57 Å². The lowest BCUT2D eigenvalue weighted by Crippen LogP contribution is -2.68. The second-order valence-electron chi connectivity index (χ2n) is 20.7. The number of hydrogen-bond acceptors (Lipinski definition) is 13. The van der Waals surface area contributed by atoms with Crippen LogP contribution in [0.15, 0.2) is 171 Å². The molecule has 0 bridgehead atoms. The van der Waals surface area contributed by atoms with E-state index in [1.807, 2.05) is 66.7 Å². The minimum Gasteiger partial charge on any atom is -0.423 e. The van der Waals surface area contributed by atoms with Gasteiger partial charge < -0.3 is 22.9 Å². The first-order valence-corrected chi connectivity index (χ1v) is 32.0. The summed E-state index contributed by atoms with van der Waals surface area (Å²) in [5, 5.41) is 1.85. The van der Waals surface area contributed by atoms with Crippen LogP contribution in [0.5, 0.6) is 11.5 Å². The lowest BCUT2D eigenvalue weighted by molar-refractivity contribution is -0.0224. The molecule has 2 aliphatic heterocycles. The van der Waals surface area contributed by atoms with Gasteiger partial charge in [0.05, 0.1) is 53.4 Å². The number of para-hydroxylation sites is 2. The van der Waals surface area contributed by atoms with Crippen LogP contribution in [-0.4, -0.2) is 64.2 Å². The molecule has 2 aromatic heterocycles. The second-order valence-corrected chi connectivity index (χ2v) is 29.9. The summed E-state index contributed by atoms with van der Waals surface area (Å²) in [7, 11) is -11.9. The number of H-pyrrole nitrogens is 2. The summed E-state index contributed by atoms with van der Waals surface area (Å²) in [4.78, 5) is 57.0. The number of aromatic amines is 2. The molecule has 4 heterocycles. The maximum atomic E-state index is 16.0. The van der Waals surface area contributed by atoms with E-state index in [9.17, 15) is 23.7 Å². The molecule has 79 heavy (non-hydrogen) atoms. The highest BCUT2D eigenvalue weighted by atomic mass is 35.5. The van der Waals surface area contributed by atoms with Gasteiger partial charge in [0.15, 0.2) is 0 Å². The van der Waals surface area contributed by atoms with Crippen molar-refractivity contribution in [3.05, 3.63) is 220 Å². The number of hydrogen-bond donors (Lipinski definition) is 2. The number of ether oxygens (including phenoxy) is 2. The largest absolute Gasteiger partial charge is 0.423 e. The van der Waals surface area contributed by atoms with Crippen molar-refractivity contribution in [3.63, 3.8) is 0 Å². The molecule has 2 unspecified atom stereocenters. The maximum Gasteiger partial charge on any atom is 0.379 e. The molecule has 2 N–H and O–H groups in total. The average molecular weight is 1170 g/mol. The molecule has 7 aromatic rings. The summed E-state index contributed by atoms with van der Waals surface area (Å²) in [5.74, 6) is 0.181. The van der Waals surface area contributed by atoms with E-state index in [4.69, 9.17) is 55.2 Å². The van der Waals surface area contributed by atoms with Crippen LogP contribution in [-0.2, 0) is 38.7 Å². The molecule has 2 saturated heterocycles. The van der Waals surface area contributed by atoms with Crippen molar-refractivity contribution >= 4 is 57.1 Å². The van der Waals surface area contributed by atoms with Crippen molar-refractivity contribution in [1.29, 1.82) is 0 Å². The van der Waals surface area contributed by atoms with Gasteiger partial charge in [-0.25, -0.2) is 18.7 Å². The Balaban J connectivity index is 1.09. The van der Waals surface area contributed by atoms with Crippen LogP contribution in [0.25, 0.3) is 0 Å². The highest BCUT2D eigenvalue weighted by Gasteiger charge is 2.54. The van der Waals surface area contributed by atoms with Gasteiger partial charge in [-0.3, -0.25) is 37.7 Å². The zero-order valence-corrected chi connectivity index (χ0v) is 48.5. The number of nitrogens with zero attached hydrogens (tertiary/aromatic N) is 2. The van der Waals surface area contributed by atoms with Crippen LogP contribution in [0.3, 0.4) is 0 Å². The molecular formula is C57H62Cl2N4O13P2Si. The third-order valence-electron chi connectivity index (χ3n) is 14.1. The van der Waals surface area contributed by atoms with Crippen molar-refractivity contribution in [1.82, 2.24) is 19.1 Å². The zero-order chi connectivity index (χ0) is 56.1. The highest BCUT2D eigenvalue weighted by Crippen LogP contribution is 2.57. The summed E-state index contributed by atoms with van der Waals surface area (Å²) in [6.45, 7) is 9.49. The quantitative estimate of drug-likeness (QED) is 0.0508. The molecule has 17 nitrogen and oxygen atoms in total. The molecule has 8 atom stereocenters. The van der Waals surface area contributed by atoms with E-state index in [1.165, 1.54) is 21.5 Å². The first kappa shape index (κ1) is 57.8. The molecule has 416 valence electrons. The van der Waals surface area contributed by atoms with E-state index < -0.39 is 87.9 Å². The third-order valence-corrected chi connectivity index (χ3v) is 23.5. The molecular weight excluding hydrogens is 1110 g/mol. The number of aromatic nitrogens is 4. The molecule has 0 saturated carbocycles. The molecule has 0 spiro atoms. The minimum atomic E-state index is -4.47. The van der Waals surface area contributed by atoms with E-state index in [2.05, 4.69) is 55.0 Å². The first-order chi connectivity index (χ1) is 37.7. The zero-order valence-electron chi connectivity index (χ0n) is 44.2. The van der Waals surface area contributed by atoms with Crippen LogP contribution < -0.4 is 41.9 Å². The van der Waals surface area contributed by atoms with Gasteiger partial charge in [0.2, 0.25) is 0 Å². The van der Waals surface area contributed by atoms with Crippen molar-refractivity contribution < 1.29 is 41.1 Å². The van der Waals surface area contributed by atoms with Gasteiger partial charge in [-0.15, -0.1) is 0 Å². The fraction of sp³-hybridized carbons (Fsp3) is 0.333. The summed E-state index contributed by atoms with van der Waals surface area (Å²) in [5.41, 5.74) is -1.29. The summed E-state index contributed by atoms with van der Waals surface area (Å²) in [6, 6.07) is 42.3. The van der Waals surface area contributed by atoms with Gasteiger partial charge in [0, 0.05) is 36.4 Å². The SMILES string of the molecule is Cc1cn([C@H]2C[C@H](O[Si](c3ccccc3)(c3ccccc3)C(C)(C)C)[C@@H](CCP(=O)(Oc3ccccc3Cl)O[C@H]3C[C@H](n4cc(C)c(=O)[nH]c4=O)O[C@@H]3CCP(=O)(OCc3ccccc3)Oc3ccccc3Cl)O2)c(=O)[nH]c1=O. The Bertz CT molecular complexity index is 3560. The molecule has 2 fully saturated rings. The van der Waals surface area contributed by atoms with Crippen molar-refractivity contribution in [3.8, 4) is 11.5 Å². The van der Waals surface area contributed by atoms with Gasteiger partial charge >= 0.3 is 26.6 Å². The van der Waals surface area contributed by atoms with Crippen molar-refractivity contribution in [2.24, 2.45) is 0 Å². The van der Waals surface area contributed by atoms with Crippen LogP contribution in [0.2, 0.25) is 15.1 Å². The van der Waals surface area contributed by atoms with E-state index in [1.54, 1.807) is 62.4 Å². The molecule has 22 heteroatoms. The second kappa shape index (κ2) is 24.5. The Morgan fingerprint density at radius 1 is 0.595 bits per heavy atom. The van der Waals surface area contributed by atoms with E-state index in [-0.39, 0.29) is 71.7 Å². The van der Waals surface area contributed by atoms with Gasteiger partial charge in [-0.1, -0.05) is 159 Å². The topological polar surface area (TPSA) is 208 Å². The number of aryl methyl sites for hydroxylation is 2. The lowest BCUT2D eigenvalue weighted by Gasteiger charge is -2.45. The summed E-state index contributed by atoms with van der Waals surface area (Å²) in [6.07, 6.45) is -3.59. The smallest absolute Gasteiger partial charge is 0.379 e. The molecule has 0 radical (unpaired) electrons. The third kappa shape index (κ3) is 13.3. The van der Waals surface area contributed by atoms with E-state index in [0.29, 0.717) is 5.56 Å². The minimum absolute atomic E-state index is 0.0212. The number of rotatable bonds is 21. The summed E-state index contributed by atoms with van der Waals surface area (Å²) >= 11 is 13.2. The fourth-order valence-corrected chi connectivity index (χ4v) is 18.9. The highest BCUT2D eigenvalue weighted by molar-refractivity contribution is 7.54. The van der Waals surface area contributed by atoms with Crippen molar-refractivity contribution in [2.45, 2.75) is 109 Å². The predicted molar refractivity (Wildman–Crippen MR) is 306 cm³/mol. The van der Waals surface area contributed by atoms with Gasteiger partial charge in [0.25, 0.3) is 19.4 Å². The lowest BCUT2D eigenvalue weighted by atomic mass is 10.1. The predicted octanol–water partition coefficient (Wildman–Crippen LogP) is 10.5. The van der Waals surface area contributed by atoms with E-state index in [0.717, 1.165) is 15.9 Å². The maximum absolute atomic E-state index is 16.0. The Hall–Kier alpha value is -5.88. The first-order valence-electron chi connectivity index (χ1n) is 25.9. The molecule has 9 rings (SSSR count). The standard InChI is InChI=1S/C57H62Cl2N4O13P2Si/c1-38-35-62(55(66)60-53(38)64)51-33-49(47(71-51)29-31-77(68,70-37-40-19-9-6-10-20-40)73-45-27-17-15-25-43(45)58)75-78(69,74-46-28-18-16-26-44(46)59)32-30-48-50(34-52(72-48)63-36-39(2)54(65)61-56(63)67)76-79(57(3,4)5,41-21-11-7-12-22-41)42-23-13-8-14-24-42/h6-28,35-36,47-52H,29-34,37H2,1-5H3,(H,60,64,66)(H,61,65,67)/t47-,48-,49+,50+,51-,52-,77?,78?/m1/s1. The molecule has 5 aromatic carbocycles. The Morgan fingerprint density at radius 3 is 1.49 bits per heavy atom. The Kier molecular flexibility index (Phi) is 17.9. The Labute approximate surface area is 467 Å². The van der Waals surface area contributed by atoms with Crippen LogP contribution in [0.4, 0.5) is 0 Å². The molecule has 2 aliphatic rings. The van der Waals surface area contributed by atoms with Crippen molar-refractivity contribution in [2.75, 3.05) is 12.3 Å².